The number of nitrogens with zero attached hydrogens (tertiary/aromatic N) is 5. The Balaban J connectivity index is 1.52. The van der Waals surface area contributed by atoms with Gasteiger partial charge >= 0.3 is 0 Å². The maximum atomic E-state index is 12.5. The summed E-state index contributed by atoms with van der Waals surface area (Å²) < 4.78 is 3.56. The van der Waals surface area contributed by atoms with Crippen molar-refractivity contribution in [3.63, 3.8) is 0 Å². The molecule has 0 aliphatic carbocycles. The standard InChI is InChI=1S/C19H18N6O/c1-14(9-25-13-20-12-21-25)22-19(26)16-7-8-18-23-17(11-24(18)10-16)15-5-3-2-4-6-15/h2-8,10-14H,9H2,1H3,(H,22,26). The van der Waals surface area contributed by atoms with Gasteiger partial charge in [0.25, 0.3) is 5.91 Å². The highest BCUT2D eigenvalue weighted by Crippen LogP contribution is 2.19. The number of benzene rings is 1. The Hall–Kier alpha value is -3.48. The van der Waals surface area contributed by atoms with Crippen LogP contribution in [0.2, 0.25) is 0 Å². The molecule has 0 bridgehead atoms. The fraction of sp³-hybridized carbons (Fsp3) is 0.158. The van der Waals surface area contributed by atoms with Gasteiger partial charge in [-0.15, -0.1) is 0 Å². The molecule has 1 N–H and O–H groups in total. The molecule has 1 aromatic carbocycles. The Labute approximate surface area is 150 Å². The van der Waals surface area contributed by atoms with Crippen molar-refractivity contribution in [2.75, 3.05) is 0 Å². The molecule has 1 unspecified atom stereocenters. The van der Waals surface area contributed by atoms with Crippen LogP contribution < -0.4 is 5.32 Å². The van der Waals surface area contributed by atoms with Crippen LogP contribution in [0.1, 0.15) is 17.3 Å². The van der Waals surface area contributed by atoms with Gasteiger partial charge in [0, 0.05) is 24.0 Å². The zero-order chi connectivity index (χ0) is 17.9. The van der Waals surface area contributed by atoms with E-state index in [4.69, 9.17) is 0 Å². The summed E-state index contributed by atoms with van der Waals surface area (Å²) in [6, 6.07) is 13.5. The number of fused-ring (bicyclic) bond motifs is 1. The summed E-state index contributed by atoms with van der Waals surface area (Å²) in [4.78, 5) is 21.0. The first-order chi connectivity index (χ1) is 12.7. The van der Waals surface area contributed by atoms with Crippen LogP contribution in [0.25, 0.3) is 16.9 Å². The topological polar surface area (TPSA) is 77.1 Å². The molecule has 0 radical (unpaired) electrons. The number of rotatable bonds is 5. The van der Waals surface area contributed by atoms with Crippen molar-refractivity contribution in [2.24, 2.45) is 0 Å². The third kappa shape index (κ3) is 3.32. The molecule has 1 amide bonds. The molecular formula is C19H18N6O. The summed E-state index contributed by atoms with van der Waals surface area (Å²) in [6.45, 7) is 2.50. The first-order valence-electron chi connectivity index (χ1n) is 8.36. The summed E-state index contributed by atoms with van der Waals surface area (Å²) in [7, 11) is 0. The maximum Gasteiger partial charge on any atom is 0.253 e. The molecule has 3 aromatic heterocycles. The summed E-state index contributed by atoms with van der Waals surface area (Å²) in [6.07, 6.45) is 6.84. The minimum atomic E-state index is -0.130. The van der Waals surface area contributed by atoms with Crippen molar-refractivity contribution in [2.45, 2.75) is 19.5 Å². The van der Waals surface area contributed by atoms with Crippen LogP contribution in [0, 0.1) is 0 Å². The van der Waals surface area contributed by atoms with Gasteiger partial charge in [-0.1, -0.05) is 30.3 Å². The molecule has 130 valence electrons. The zero-order valence-electron chi connectivity index (χ0n) is 14.3. The third-order valence-electron chi connectivity index (χ3n) is 4.09. The monoisotopic (exact) mass is 346 g/mol. The van der Waals surface area contributed by atoms with E-state index in [-0.39, 0.29) is 11.9 Å². The molecule has 7 nitrogen and oxygen atoms in total. The van der Waals surface area contributed by atoms with Crippen LogP contribution in [-0.2, 0) is 6.54 Å². The van der Waals surface area contributed by atoms with Gasteiger partial charge in [0.05, 0.1) is 17.8 Å². The molecule has 3 heterocycles. The normalized spacial score (nSPS) is 12.2. The lowest BCUT2D eigenvalue weighted by molar-refractivity contribution is 0.0935. The number of carbonyl (C=O) groups is 1. The number of pyridine rings is 1. The van der Waals surface area contributed by atoms with Gasteiger partial charge in [0.2, 0.25) is 0 Å². The summed E-state index contributed by atoms with van der Waals surface area (Å²) in [5.74, 6) is -0.130. The average Bonchev–Trinajstić information content (AvgIpc) is 3.31. The van der Waals surface area contributed by atoms with Gasteiger partial charge in [-0.3, -0.25) is 9.48 Å². The second-order valence-corrected chi connectivity index (χ2v) is 6.17. The Morgan fingerprint density at radius 3 is 2.77 bits per heavy atom. The molecule has 0 saturated carbocycles. The van der Waals surface area contributed by atoms with E-state index in [2.05, 4.69) is 20.4 Å². The molecule has 0 spiro atoms. The third-order valence-corrected chi connectivity index (χ3v) is 4.09. The van der Waals surface area contributed by atoms with E-state index in [0.29, 0.717) is 12.1 Å². The molecule has 0 saturated heterocycles. The van der Waals surface area contributed by atoms with Crippen LogP contribution in [-0.4, -0.2) is 36.1 Å². The van der Waals surface area contributed by atoms with Crippen molar-refractivity contribution >= 4 is 11.6 Å². The van der Waals surface area contributed by atoms with E-state index in [9.17, 15) is 4.79 Å². The minimum absolute atomic E-state index is 0.0671. The van der Waals surface area contributed by atoms with Crippen molar-refractivity contribution in [3.05, 3.63) is 73.1 Å². The zero-order valence-corrected chi connectivity index (χ0v) is 14.3. The Morgan fingerprint density at radius 2 is 2.00 bits per heavy atom. The molecular weight excluding hydrogens is 328 g/mol. The lowest BCUT2D eigenvalue weighted by atomic mass is 10.2. The Kier molecular flexibility index (Phi) is 4.18. The molecule has 0 aliphatic rings. The average molecular weight is 346 g/mol. The van der Waals surface area contributed by atoms with E-state index in [1.165, 1.54) is 6.33 Å². The van der Waals surface area contributed by atoms with Crippen LogP contribution in [0.3, 0.4) is 0 Å². The molecule has 1 atom stereocenters. The number of amides is 1. The fourth-order valence-corrected chi connectivity index (χ4v) is 2.83. The number of imidazole rings is 1. The number of aromatic nitrogens is 5. The van der Waals surface area contributed by atoms with Gasteiger partial charge in [-0.2, -0.15) is 5.10 Å². The van der Waals surface area contributed by atoms with Crippen molar-refractivity contribution in [1.82, 2.24) is 29.5 Å². The highest BCUT2D eigenvalue weighted by molar-refractivity contribution is 5.94. The second kappa shape index (κ2) is 6.79. The van der Waals surface area contributed by atoms with Crippen LogP contribution in [0.5, 0.6) is 0 Å². The number of hydrogen-bond donors (Lipinski definition) is 1. The lowest BCUT2D eigenvalue weighted by Gasteiger charge is -2.13. The SMILES string of the molecule is CC(Cn1cncn1)NC(=O)c1ccc2nc(-c3ccccc3)cn2c1. The predicted molar refractivity (Wildman–Crippen MR) is 97.6 cm³/mol. The largest absolute Gasteiger partial charge is 0.348 e. The summed E-state index contributed by atoms with van der Waals surface area (Å²) >= 11 is 0. The quantitative estimate of drug-likeness (QED) is 0.602. The van der Waals surface area contributed by atoms with Gasteiger partial charge in [0.1, 0.15) is 18.3 Å². The van der Waals surface area contributed by atoms with Gasteiger partial charge in [-0.25, -0.2) is 9.97 Å². The number of nitrogens with one attached hydrogen (secondary N) is 1. The highest BCUT2D eigenvalue weighted by atomic mass is 16.1. The smallest absolute Gasteiger partial charge is 0.253 e. The molecule has 0 aliphatic heterocycles. The highest BCUT2D eigenvalue weighted by Gasteiger charge is 2.12. The maximum absolute atomic E-state index is 12.5. The molecule has 4 rings (SSSR count). The number of hydrogen-bond acceptors (Lipinski definition) is 4. The lowest BCUT2D eigenvalue weighted by Crippen LogP contribution is -2.35. The van der Waals surface area contributed by atoms with Crippen molar-refractivity contribution < 1.29 is 4.79 Å². The first-order valence-corrected chi connectivity index (χ1v) is 8.36. The second-order valence-electron chi connectivity index (χ2n) is 6.17. The van der Waals surface area contributed by atoms with Gasteiger partial charge in [0.15, 0.2) is 0 Å². The number of carbonyl (C=O) groups excluding carboxylic acids is 1. The molecule has 7 heteroatoms. The van der Waals surface area contributed by atoms with Gasteiger partial charge in [-0.05, 0) is 19.1 Å². The van der Waals surface area contributed by atoms with Crippen molar-refractivity contribution in [3.8, 4) is 11.3 Å². The molecule has 4 aromatic rings. The van der Waals surface area contributed by atoms with E-state index in [1.807, 2.05) is 53.9 Å². The van der Waals surface area contributed by atoms with E-state index in [0.717, 1.165) is 16.9 Å². The van der Waals surface area contributed by atoms with Crippen LogP contribution in [0.4, 0.5) is 0 Å². The van der Waals surface area contributed by atoms with Crippen LogP contribution >= 0.6 is 0 Å². The van der Waals surface area contributed by atoms with Crippen LogP contribution in [0.15, 0.2) is 67.5 Å². The predicted octanol–water partition coefficient (Wildman–Crippen LogP) is 2.41. The van der Waals surface area contributed by atoms with Gasteiger partial charge < -0.3 is 9.72 Å². The molecule has 0 fully saturated rings. The fourth-order valence-electron chi connectivity index (χ4n) is 2.83. The van der Waals surface area contributed by atoms with E-state index in [1.54, 1.807) is 23.3 Å². The minimum Gasteiger partial charge on any atom is -0.348 e. The van der Waals surface area contributed by atoms with E-state index < -0.39 is 0 Å². The van der Waals surface area contributed by atoms with E-state index >= 15 is 0 Å². The van der Waals surface area contributed by atoms with Crippen molar-refractivity contribution in [1.29, 1.82) is 0 Å². The summed E-state index contributed by atoms with van der Waals surface area (Å²) in [5.41, 5.74) is 3.31. The Morgan fingerprint density at radius 1 is 1.15 bits per heavy atom. The molecule has 26 heavy (non-hydrogen) atoms. The summed E-state index contributed by atoms with van der Waals surface area (Å²) in [5, 5.41) is 7.03. The Bertz CT molecular complexity index is 1020. The first kappa shape index (κ1) is 16.0.